The molecule has 1 aromatic heterocycles. The Hall–Kier alpha value is -2.17. The summed E-state index contributed by atoms with van der Waals surface area (Å²) in [7, 11) is 0. The summed E-state index contributed by atoms with van der Waals surface area (Å²) in [5.74, 6) is -1.74. The first-order valence-corrected chi connectivity index (χ1v) is 6.09. The van der Waals surface area contributed by atoms with E-state index in [0.717, 1.165) is 12.8 Å². The van der Waals surface area contributed by atoms with Crippen LogP contribution in [0.4, 0.5) is 4.39 Å². The molecule has 1 aliphatic rings. The number of carboxylic acid groups (broad SMARTS) is 1. The van der Waals surface area contributed by atoms with Crippen LogP contribution in [0, 0.1) is 12.7 Å². The number of nitrogens with zero attached hydrogens (tertiary/aromatic N) is 1. The highest BCUT2D eigenvalue weighted by atomic mass is 19.1. The van der Waals surface area contributed by atoms with Gasteiger partial charge in [0.1, 0.15) is 11.5 Å². The number of hydrogen-bond donors (Lipinski definition) is 1. The lowest BCUT2D eigenvalue weighted by atomic mass is 10.1. The zero-order valence-electron chi connectivity index (χ0n) is 10.3. The Kier molecular flexibility index (Phi) is 2.45. The van der Waals surface area contributed by atoms with E-state index in [4.69, 9.17) is 0 Å². The minimum Gasteiger partial charge on any atom is -0.477 e. The highest BCUT2D eigenvalue weighted by Gasteiger charge is 2.31. The van der Waals surface area contributed by atoms with Gasteiger partial charge >= 0.3 is 5.97 Å². The van der Waals surface area contributed by atoms with Crippen molar-refractivity contribution in [2.24, 2.45) is 0 Å². The topological polar surface area (TPSA) is 59.3 Å². The average Bonchev–Trinajstić information content (AvgIpc) is 3.17. The molecule has 0 atom stereocenters. The zero-order chi connectivity index (χ0) is 13.7. The van der Waals surface area contributed by atoms with Crippen molar-refractivity contribution < 1.29 is 14.3 Å². The number of halogens is 1. The molecular weight excluding hydrogens is 249 g/mol. The van der Waals surface area contributed by atoms with Crippen molar-refractivity contribution in [3.8, 4) is 0 Å². The molecule has 4 nitrogen and oxygen atoms in total. The van der Waals surface area contributed by atoms with E-state index in [9.17, 15) is 19.1 Å². The van der Waals surface area contributed by atoms with Gasteiger partial charge in [-0.15, -0.1) is 0 Å². The predicted molar refractivity (Wildman–Crippen MR) is 68.1 cm³/mol. The minimum atomic E-state index is -1.19. The molecular formula is C14H12FNO3. The lowest BCUT2D eigenvalue weighted by Crippen LogP contribution is -2.22. The fourth-order valence-corrected chi connectivity index (χ4v) is 2.51. The summed E-state index contributed by atoms with van der Waals surface area (Å²) in [4.78, 5) is 23.6. The van der Waals surface area contributed by atoms with Gasteiger partial charge in [-0.1, -0.05) is 6.07 Å². The summed E-state index contributed by atoms with van der Waals surface area (Å²) >= 11 is 0. The van der Waals surface area contributed by atoms with Crippen LogP contribution in [0.15, 0.2) is 23.0 Å². The maximum atomic E-state index is 14.0. The third kappa shape index (κ3) is 1.65. The minimum absolute atomic E-state index is 0.0233. The van der Waals surface area contributed by atoms with Gasteiger partial charge < -0.3 is 9.67 Å². The van der Waals surface area contributed by atoms with Crippen LogP contribution in [-0.2, 0) is 0 Å². The lowest BCUT2D eigenvalue weighted by molar-refractivity contribution is 0.0683. The lowest BCUT2D eigenvalue weighted by Gasteiger charge is -2.16. The summed E-state index contributed by atoms with van der Waals surface area (Å²) in [5.41, 5.74) is -0.232. The molecule has 2 aromatic rings. The number of aromatic carboxylic acids is 1. The number of benzene rings is 1. The van der Waals surface area contributed by atoms with Crippen LogP contribution in [0.3, 0.4) is 0 Å². The first-order valence-electron chi connectivity index (χ1n) is 6.09. The molecule has 1 fully saturated rings. The molecule has 0 amide bonds. The van der Waals surface area contributed by atoms with Crippen LogP contribution < -0.4 is 5.43 Å². The SMILES string of the molecule is Cc1c(C(=O)O)n(C2CC2)c2c(F)cccc2c1=O. The molecule has 1 heterocycles. The van der Waals surface area contributed by atoms with Crippen molar-refractivity contribution in [1.29, 1.82) is 0 Å². The van der Waals surface area contributed by atoms with Crippen LogP contribution in [0.2, 0.25) is 0 Å². The van der Waals surface area contributed by atoms with Crippen molar-refractivity contribution in [3.05, 3.63) is 45.5 Å². The zero-order valence-corrected chi connectivity index (χ0v) is 10.3. The third-order valence-corrected chi connectivity index (χ3v) is 3.52. The highest BCUT2D eigenvalue weighted by Crippen LogP contribution is 2.39. The largest absolute Gasteiger partial charge is 0.477 e. The van der Waals surface area contributed by atoms with Crippen molar-refractivity contribution in [2.45, 2.75) is 25.8 Å². The monoisotopic (exact) mass is 261 g/mol. The number of fused-ring (bicyclic) bond motifs is 1. The van der Waals surface area contributed by atoms with Crippen molar-refractivity contribution in [3.63, 3.8) is 0 Å². The van der Waals surface area contributed by atoms with Gasteiger partial charge in [0.05, 0.1) is 5.52 Å². The fourth-order valence-electron chi connectivity index (χ4n) is 2.51. The molecule has 3 rings (SSSR count). The summed E-state index contributed by atoms with van der Waals surface area (Å²) in [5, 5.41) is 9.56. The maximum absolute atomic E-state index is 14.0. The quantitative estimate of drug-likeness (QED) is 0.903. The van der Waals surface area contributed by atoms with Crippen molar-refractivity contribution >= 4 is 16.9 Å². The van der Waals surface area contributed by atoms with Gasteiger partial charge in [-0.2, -0.15) is 0 Å². The summed E-state index contributed by atoms with van der Waals surface area (Å²) in [6.45, 7) is 1.48. The summed E-state index contributed by atoms with van der Waals surface area (Å²) in [6.07, 6.45) is 1.62. The number of pyridine rings is 1. The Morgan fingerprint density at radius 1 is 1.42 bits per heavy atom. The molecule has 98 valence electrons. The first-order chi connectivity index (χ1) is 9.02. The second-order valence-corrected chi connectivity index (χ2v) is 4.85. The van der Waals surface area contributed by atoms with Gasteiger partial charge in [0, 0.05) is 17.0 Å². The second kappa shape index (κ2) is 3.91. The predicted octanol–water partition coefficient (Wildman–Crippen LogP) is 2.48. The Morgan fingerprint density at radius 3 is 2.68 bits per heavy atom. The van der Waals surface area contributed by atoms with E-state index < -0.39 is 17.2 Å². The van der Waals surface area contributed by atoms with Gasteiger partial charge in [-0.3, -0.25) is 4.79 Å². The number of carboxylic acids is 1. The number of carbonyl (C=O) groups is 1. The molecule has 0 unspecified atom stereocenters. The highest BCUT2D eigenvalue weighted by molar-refractivity contribution is 5.92. The number of hydrogen-bond acceptors (Lipinski definition) is 2. The molecule has 1 aromatic carbocycles. The van der Waals surface area contributed by atoms with Gasteiger partial charge in [-0.05, 0) is 31.9 Å². The second-order valence-electron chi connectivity index (χ2n) is 4.85. The maximum Gasteiger partial charge on any atom is 0.352 e. The smallest absolute Gasteiger partial charge is 0.352 e. The fraction of sp³-hybridized carbons (Fsp3) is 0.286. The van der Waals surface area contributed by atoms with Crippen LogP contribution in [0.5, 0.6) is 0 Å². The van der Waals surface area contributed by atoms with E-state index in [-0.39, 0.29) is 28.2 Å². The average molecular weight is 261 g/mol. The molecule has 19 heavy (non-hydrogen) atoms. The number of rotatable bonds is 2. The summed E-state index contributed by atoms with van der Waals surface area (Å²) in [6, 6.07) is 4.24. The molecule has 5 heteroatoms. The number of aromatic nitrogens is 1. The molecule has 0 saturated heterocycles. The third-order valence-electron chi connectivity index (χ3n) is 3.52. The van der Waals surface area contributed by atoms with E-state index in [2.05, 4.69) is 0 Å². The number of para-hydroxylation sites is 1. The Bertz CT molecular complexity index is 759. The van der Waals surface area contributed by atoms with Crippen molar-refractivity contribution in [2.75, 3.05) is 0 Å². The molecule has 1 aliphatic carbocycles. The van der Waals surface area contributed by atoms with Crippen LogP contribution >= 0.6 is 0 Å². The summed E-state index contributed by atoms with van der Waals surface area (Å²) < 4.78 is 15.5. The van der Waals surface area contributed by atoms with Crippen LogP contribution in [0.1, 0.15) is 34.9 Å². The van der Waals surface area contributed by atoms with E-state index in [1.165, 1.54) is 29.7 Å². The standard InChI is InChI=1S/C14H12FNO3/c1-7-11(14(18)19)16(8-5-6-8)12-9(13(7)17)3-2-4-10(12)15/h2-4,8H,5-6H2,1H3,(H,18,19). The van der Waals surface area contributed by atoms with Crippen LogP contribution in [0.25, 0.3) is 10.9 Å². The first kappa shape index (κ1) is 11.9. The molecule has 0 spiro atoms. The molecule has 0 bridgehead atoms. The normalized spacial score (nSPS) is 14.8. The Labute approximate surface area is 108 Å². The van der Waals surface area contributed by atoms with Gasteiger partial charge in [0.25, 0.3) is 0 Å². The molecule has 1 saturated carbocycles. The van der Waals surface area contributed by atoms with Gasteiger partial charge in [0.15, 0.2) is 5.43 Å². The van der Waals surface area contributed by atoms with E-state index in [1.807, 2.05) is 0 Å². The van der Waals surface area contributed by atoms with Gasteiger partial charge in [0.2, 0.25) is 0 Å². The van der Waals surface area contributed by atoms with Crippen molar-refractivity contribution in [1.82, 2.24) is 4.57 Å². The molecule has 0 aliphatic heterocycles. The Morgan fingerprint density at radius 2 is 2.11 bits per heavy atom. The van der Waals surface area contributed by atoms with E-state index >= 15 is 0 Å². The molecule has 0 radical (unpaired) electrons. The van der Waals surface area contributed by atoms with Gasteiger partial charge in [-0.25, -0.2) is 9.18 Å². The Balaban J connectivity index is 2.58. The van der Waals surface area contributed by atoms with Crippen LogP contribution in [-0.4, -0.2) is 15.6 Å². The van der Waals surface area contributed by atoms with E-state index in [0.29, 0.717) is 0 Å². The molecule has 1 N–H and O–H groups in total. The van der Waals surface area contributed by atoms with E-state index in [1.54, 1.807) is 0 Å².